The molecule has 32 heavy (non-hydrogen) atoms. The van der Waals surface area contributed by atoms with Gasteiger partial charge in [0.2, 0.25) is 0 Å². The summed E-state index contributed by atoms with van der Waals surface area (Å²) in [5.41, 5.74) is 1.74. The van der Waals surface area contributed by atoms with Crippen LogP contribution in [-0.4, -0.2) is 27.6 Å². The van der Waals surface area contributed by atoms with E-state index in [-0.39, 0.29) is 17.0 Å². The molecule has 0 saturated heterocycles. The largest absolute Gasteiger partial charge is 0.456 e. The Morgan fingerprint density at radius 1 is 1.22 bits per heavy atom. The van der Waals surface area contributed by atoms with E-state index >= 15 is 0 Å². The molecule has 1 aromatic carbocycles. The Kier molecular flexibility index (Phi) is 6.93. The molecular weight excluding hydrogens is 426 g/mol. The number of carbonyl (C=O) groups excluding carboxylic acids is 2. The van der Waals surface area contributed by atoms with Crippen molar-refractivity contribution in [3.05, 3.63) is 62.9 Å². The molecular formula is C24H27N3O4S. The second-order valence-electron chi connectivity index (χ2n) is 8.64. The molecule has 3 aromatic rings. The number of ether oxygens (including phenoxy) is 1. The number of aryl methyl sites for hydroxylation is 1. The van der Waals surface area contributed by atoms with Gasteiger partial charge in [-0.2, -0.15) is 0 Å². The number of nitrogens with one attached hydrogen (secondary N) is 1. The second kappa shape index (κ2) is 9.48. The van der Waals surface area contributed by atoms with Gasteiger partial charge in [-0.25, -0.2) is 9.78 Å². The van der Waals surface area contributed by atoms with Crippen LogP contribution in [-0.2, 0) is 4.74 Å². The van der Waals surface area contributed by atoms with E-state index < -0.39 is 17.5 Å². The van der Waals surface area contributed by atoms with Crippen molar-refractivity contribution in [2.24, 2.45) is 0 Å². The number of nitrogens with zero attached hydrogens (tertiary/aromatic N) is 2. The zero-order chi connectivity index (χ0) is 23.5. The number of anilines is 1. The fourth-order valence-corrected chi connectivity index (χ4v) is 3.69. The first-order valence-corrected chi connectivity index (χ1v) is 11.2. The molecule has 8 heteroatoms. The zero-order valence-corrected chi connectivity index (χ0v) is 19.9. The van der Waals surface area contributed by atoms with Crippen LogP contribution in [0.3, 0.4) is 0 Å². The van der Waals surface area contributed by atoms with Crippen LogP contribution < -0.4 is 5.32 Å². The lowest BCUT2D eigenvalue weighted by atomic mass is 10.1. The Balaban J connectivity index is 1.75. The molecule has 0 aliphatic rings. The fourth-order valence-electron chi connectivity index (χ4n) is 2.82. The molecule has 168 valence electrons. The number of aromatic nitrogens is 2. The number of amides is 1. The summed E-state index contributed by atoms with van der Waals surface area (Å²) in [5, 5.41) is 9.52. The van der Waals surface area contributed by atoms with Gasteiger partial charge in [0.15, 0.2) is 5.69 Å². The number of benzene rings is 1. The number of carbonyl (C=O) groups is 2. The van der Waals surface area contributed by atoms with Gasteiger partial charge in [-0.15, -0.1) is 11.3 Å². The third-order valence-corrected chi connectivity index (χ3v) is 5.20. The summed E-state index contributed by atoms with van der Waals surface area (Å²) >= 11 is 1.59. The van der Waals surface area contributed by atoms with Crippen LogP contribution in [0, 0.1) is 6.92 Å². The molecule has 0 atom stereocenters. The molecule has 0 radical (unpaired) electrons. The Labute approximate surface area is 191 Å². The van der Waals surface area contributed by atoms with Gasteiger partial charge < -0.3 is 14.6 Å². The third kappa shape index (κ3) is 5.91. The van der Waals surface area contributed by atoms with Crippen molar-refractivity contribution in [1.29, 1.82) is 0 Å². The van der Waals surface area contributed by atoms with Gasteiger partial charge in [0.1, 0.15) is 21.9 Å². The summed E-state index contributed by atoms with van der Waals surface area (Å²) in [4.78, 5) is 29.9. The van der Waals surface area contributed by atoms with Crippen LogP contribution in [0.5, 0.6) is 0 Å². The van der Waals surface area contributed by atoms with Crippen LogP contribution in [0.1, 0.15) is 83.4 Å². The number of thiazole rings is 1. The topological polar surface area (TPSA) is 94.3 Å². The Morgan fingerprint density at radius 2 is 1.97 bits per heavy atom. The van der Waals surface area contributed by atoms with Crippen LogP contribution in [0.25, 0.3) is 12.2 Å². The van der Waals surface area contributed by atoms with E-state index in [9.17, 15) is 9.59 Å². The maximum Gasteiger partial charge on any atom is 0.344 e. The number of hydrogen-bond acceptors (Lipinski definition) is 7. The van der Waals surface area contributed by atoms with Crippen LogP contribution in [0.2, 0.25) is 0 Å². The minimum atomic E-state index is -0.706. The molecule has 0 fully saturated rings. The molecule has 0 unspecified atom stereocenters. The van der Waals surface area contributed by atoms with E-state index in [0.717, 1.165) is 16.3 Å². The summed E-state index contributed by atoms with van der Waals surface area (Å²) in [5.74, 6) is -0.587. The van der Waals surface area contributed by atoms with Gasteiger partial charge in [-0.1, -0.05) is 37.2 Å². The molecule has 7 nitrogen and oxygen atoms in total. The first-order chi connectivity index (χ1) is 15.0. The summed E-state index contributed by atoms with van der Waals surface area (Å²) < 4.78 is 10.5. The Bertz CT molecular complexity index is 1150. The predicted molar refractivity (Wildman–Crippen MR) is 126 cm³/mol. The molecule has 3 rings (SSSR count). The molecule has 2 aromatic heterocycles. The normalized spacial score (nSPS) is 11.8. The highest BCUT2D eigenvalue weighted by Crippen LogP contribution is 2.22. The van der Waals surface area contributed by atoms with E-state index in [1.54, 1.807) is 45.1 Å². The van der Waals surface area contributed by atoms with Crippen LogP contribution >= 0.6 is 11.3 Å². The maximum absolute atomic E-state index is 12.8. The lowest BCUT2D eigenvalue weighted by Gasteiger charge is -2.19. The van der Waals surface area contributed by atoms with Crippen molar-refractivity contribution in [3.63, 3.8) is 0 Å². The second-order valence-corrected chi connectivity index (χ2v) is 9.53. The third-order valence-electron chi connectivity index (χ3n) is 4.37. The van der Waals surface area contributed by atoms with E-state index in [0.29, 0.717) is 11.6 Å². The first-order valence-electron chi connectivity index (χ1n) is 10.3. The van der Waals surface area contributed by atoms with E-state index in [2.05, 4.69) is 34.7 Å². The molecule has 1 amide bonds. The fraction of sp³-hybridized carbons (Fsp3) is 0.333. The number of rotatable bonds is 6. The average molecular weight is 454 g/mol. The van der Waals surface area contributed by atoms with Gasteiger partial charge in [-0.05, 0) is 57.4 Å². The van der Waals surface area contributed by atoms with E-state index in [1.807, 2.05) is 30.4 Å². The minimum absolute atomic E-state index is 0.0261. The van der Waals surface area contributed by atoms with E-state index in [4.69, 9.17) is 9.26 Å². The minimum Gasteiger partial charge on any atom is -0.456 e. The molecule has 0 spiro atoms. The molecule has 1 N–H and O–H groups in total. The maximum atomic E-state index is 12.8. The number of hydrogen-bond donors (Lipinski definition) is 1. The molecule has 0 aliphatic carbocycles. The smallest absolute Gasteiger partial charge is 0.344 e. The zero-order valence-electron chi connectivity index (χ0n) is 19.1. The average Bonchev–Trinajstić information content (AvgIpc) is 3.32. The van der Waals surface area contributed by atoms with Crippen LogP contribution in [0.15, 0.2) is 34.2 Å². The summed E-state index contributed by atoms with van der Waals surface area (Å²) in [6, 6.07) is 7.34. The van der Waals surface area contributed by atoms with Gasteiger partial charge >= 0.3 is 5.97 Å². The molecule has 0 aliphatic heterocycles. The monoisotopic (exact) mass is 453 g/mol. The highest BCUT2D eigenvalue weighted by Gasteiger charge is 2.29. The molecule has 0 bridgehead atoms. The quantitative estimate of drug-likeness (QED) is 0.464. The summed E-state index contributed by atoms with van der Waals surface area (Å²) in [6.07, 6.45) is 3.88. The van der Waals surface area contributed by atoms with Crippen molar-refractivity contribution in [2.75, 3.05) is 5.32 Å². The van der Waals surface area contributed by atoms with Gasteiger partial charge in [0.25, 0.3) is 5.91 Å². The lowest BCUT2D eigenvalue weighted by molar-refractivity contribution is 0.00662. The Morgan fingerprint density at radius 3 is 2.62 bits per heavy atom. The van der Waals surface area contributed by atoms with Gasteiger partial charge in [0, 0.05) is 11.1 Å². The summed E-state index contributed by atoms with van der Waals surface area (Å²) in [7, 11) is 0. The summed E-state index contributed by atoms with van der Waals surface area (Å²) in [6.45, 7) is 11.0. The predicted octanol–water partition coefficient (Wildman–Crippen LogP) is 5.94. The van der Waals surface area contributed by atoms with Crippen molar-refractivity contribution < 1.29 is 18.8 Å². The van der Waals surface area contributed by atoms with Gasteiger partial charge in [0.05, 0.1) is 5.69 Å². The molecule has 2 heterocycles. The lowest BCUT2D eigenvalue weighted by Crippen LogP contribution is -2.26. The van der Waals surface area contributed by atoms with Gasteiger partial charge in [-0.3, -0.25) is 4.79 Å². The number of esters is 1. The van der Waals surface area contributed by atoms with Crippen molar-refractivity contribution in [2.45, 2.75) is 53.1 Å². The first kappa shape index (κ1) is 23.4. The molecule has 0 saturated carbocycles. The van der Waals surface area contributed by atoms with Crippen molar-refractivity contribution >= 4 is 41.1 Å². The standard InChI is InChI=1S/C24H27N3O4S/c1-14(2)18-13-32-19(26-18)11-10-16-8-7-9-17(12-16)25-22(28)21-20(15(3)31-27-21)23(29)30-24(4,5)6/h7-14H,1-6H3,(H,25,28)/b11-10+. The van der Waals surface area contributed by atoms with Crippen LogP contribution in [0.4, 0.5) is 5.69 Å². The highest BCUT2D eigenvalue weighted by atomic mass is 32.1. The van der Waals surface area contributed by atoms with E-state index in [1.165, 1.54) is 0 Å². The van der Waals surface area contributed by atoms with Crippen molar-refractivity contribution in [3.8, 4) is 0 Å². The highest BCUT2D eigenvalue weighted by molar-refractivity contribution is 7.10. The SMILES string of the molecule is Cc1onc(C(=O)Nc2cccc(/C=C/c3nc(C(C)C)cs3)c2)c1C(=O)OC(C)(C)C. The Hall–Kier alpha value is -3.26. The van der Waals surface area contributed by atoms with Crippen molar-refractivity contribution in [1.82, 2.24) is 10.1 Å².